The first-order valence-corrected chi connectivity index (χ1v) is 7.71. The molecule has 0 aliphatic carbocycles. The van der Waals surface area contributed by atoms with Gasteiger partial charge in [-0.3, -0.25) is 4.79 Å². The predicted octanol–water partition coefficient (Wildman–Crippen LogP) is 1.81. The van der Waals surface area contributed by atoms with Gasteiger partial charge in [0.2, 0.25) is 11.2 Å². The molecule has 0 bridgehead atoms. The molecule has 1 fully saturated rings. The largest absolute Gasteiger partial charge is 0.364 e. The number of carbonyl (C=O) groups is 1. The Hall–Kier alpha value is -1.01. The maximum Gasteiger partial charge on any atom is 0.224 e. The number of rotatable bonds is 2. The Labute approximate surface area is 121 Å². The monoisotopic (exact) mass is 298 g/mol. The summed E-state index contributed by atoms with van der Waals surface area (Å²) in [7, 11) is 0. The molecule has 19 heavy (non-hydrogen) atoms. The van der Waals surface area contributed by atoms with Crippen molar-refractivity contribution in [2.45, 2.75) is 30.7 Å². The molecule has 1 atom stereocenters. The van der Waals surface area contributed by atoms with E-state index in [0.29, 0.717) is 5.28 Å². The first-order valence-electron chi connectivity index (χ1n) is 6.35. The van der Waals surface area contributed by atoms with E-state index in [4.69, 9.17) is 11.6 Å². The van der Waals surface area contributed by atoms with Crippen LogP contribution in [0.5, 0.6) is 0 Å². The van der Waals surface area contributed by atoms with Crippen LogP contribution in [-0.4, -0.2) is 45.7 Å². The molecule has 5 nitrogen and oxygen atoms in total. The standard InChI is InChI=1S/C12H15ClN4OS/c1-7(18)17-4-2-8(6-17)14-11-10-9(3-5-19-10)15-12(13)16-11/h8H,2-6H2,1H3,(H,14,15,16)/t8-/m1/s1. The summed E-state index contributed by atoms with van der Waals surface area (Å²) in [6, 6.07) is 0.250. The van der Waals surface area contributed by atoms with Gasteiger partial charge in [-0.05, 0) is 18.0 Å². The number of thioether (sulfide) groups is 1. The highest BCUT2D eigenvalue weighted by Crippen LogP contribution is 2.36. The van der Waals surface area contributed by atoms with E-state index in [1.807, 2.05) is 4.90 Å². The molecule has 0 unspecified atom stereocenters. The lowest BCUT2D eigenvalue weighted by atomic mass is 10.2. The lowest BCUT2D eigenvalue weighted by molar-refractivity contribution is -0.127. The van der Waals surface area contributed by atoms with Crippen LogP contribution in [0.2, 0.25) is 5.28 Å². The smallest absolute Gasteiger partial charge is 0.224 e. The van der Waals surface area contributed by atoms with Crippen molar-refractivity contribution < 1.29 is 4.79 Å². The molecule has 1 N–H and O–H groups in total. The van der Waals surface area contributed by atoms with Crippen LogP contribution < -0.4 is 5.32 Å². The lowest BCUT2D eigenvalue weighted by Crippen LogP contribution is -2.30. The second-order valence-electron chi connectivity index (χ2n) is 4.81. The highest BCUT2D eigenvalue weighted by atomic mass is 35.5. The summed E-state index contributed by atoms with van der Waals surface area (Å²) in [5, 5.41) is 3.71. The number of amides is 1. The quantitative estimate of drug-likeness (QED) is 0.844. The highest BCUT2D eigenvalue weighted by molar-refractivity contribution is 7.99. The maximum atomic E-state index is 11.3. The zero-order valence-corrected chi connectivity index (χ0v) is 12.2. The van der Waals surface area contributed by atoms with Crippen LogP contribution in [-0.2, 0) is 11.2 Å². The van der Waals surface area contributed by atoms with Crippen LogP contribution in [0.3, 0.4) is 0 Å². The zero-order chi connectivity index (χ0) is 13.4. The number of carbonyl (C=O) groups excluding carboxylic acids is 1. The van der Waals surface area contributed by atoms with E-state index in [2.05, 4.69) is 15.3 Å². The summed E-state index contributed by atoms with van der Waals surface area (Å²) < 4.78 is 0. The number of halogens is 1. The van der Waals surface area contributed by atoms with Gasteiger partial charge in [0.1, 0.15) is 5.82 Å². The Bertz CT molecular complexity index is 525. The molecule has 7 heteroatoms. The number of hydrogen-bond donors (Lipinski definition) is 1. The number of nitrogens with one attached hydrogen (secondary N) is 1. The van der Waals surface area contributed by atoms with E-state index in [-0.39, 0.29) is 11.9 Å². The van der Waals surface area contributed by atoms with Crippen LogP contribution in [0.15, 0.2) is 4.90 Å². The van der Waals surface area contributed by atoms with Crippen LogP contribution in [0.25, 0.3) is 0 Å². The molecule has 3 heterocycles. The van der Waals surface area contributed by atoms with Gasteiger partial charge in [0.15, 0.2) is 0 Å². The normalized spacial score (nSPS) is 21.6. The fourth-order valence-corrected chi connectivity index (χ4v) is 3.73. The van der Waals surface area contributed by atoms with E-state index in [1.165, 1.54) is 0 Å². The summed E-state index contributed by atoms with van der Waals surface area (Å²) in [4.78, 5) is 22.9. The van der Waals surface area contributed by atoms with E-state index >= 15 is 0 Å². The van der Waals surface area contributed by atoms with Crippen LogP contribution in [0.1, 0.15) is 19.0 Å². The van der Waals surface area contributed by atoms with Crippen molar-refractivity contribution in [3.05, 3.63) is 11.0 Å². The van der Waals surface area contributed by atoms with Crippen molar-refractivity contribution >= 4 is 35.1 Å². The third-order valence-corrected chi connectivity index (χ3v) is 4.76. The van der Waals surface area contributed by atoms with Crippen molar-refractivity contribution in [3.63, 3.8) is 0 Å². The zero-order valence-electron chi connectivity index (χ0n) is 10.6. The first-order chi connectivity index (χ1) is 9.13. The van der Waals surface area contributed by atoms with Gasteiger partial charge < -0.3 is 10.2 Å². The number of nitrogens with zero attached hydrogens (tertiary/aromatic N) is 3. The molecule has 1 aromatic heterocycles. The molecular formula is C12H15ClN4OS. The topological polar surface area (TPSA) is 58.1 Å². The fourth-order valence-electron chi connectivity index (χ4n) is 2.49. The van der Waals surface area contributed by atoms with Crippen LogP contribution in [0, 0.1) is 0 Å². The first kappa shape index (κ1) is 13.0. The average molecular weight is 299 g/mol. The van der Waals surface area contributed by atoms with Crippen LogP contribution in [0.4, 0.5) is 5.82 Å². The molecule has 0 spiro atoms. The number of fused-ring (bicyclic) bond motifs is 1. The second-order valence-corrected chi connectivity index (χ2v) is 6.25. The van der Waals surface area contributed by atoms with Gasteiger partial charge in [0.25, 0.3) is 0 Å². The molecule has 0 saturated carbocycles. The molecule has 1 saturated heterocycles. The highest BCUT2D eigenvalue weighted by Gasteiger charge is 2.27. The minimum atomic E-state index is 0.129. The number of aryl methyl sites for hydroxylation is 1. The number of aromatic nitrogens is 2. The maximum absolute atomic E-state index is 11.3. The Morgan fingerprint density at radius 2 is 2.37 bits per heavy atom. The Morgan fingerprint density at radius 3 is 3.11 bits per heavy atom. The van der Waals surface area contributed by atoms with E-state index in [0.717, 1.165) is 48.1 Å². The molecule has 1 amide bonds. The number of hydrogen-bond acceptors (Lipinski definition) is 5. The molecule has 0 aromatic carbocycles. The van der Waals surface area contributed by atoms with Crippen molar-refractivity contribution in [3.8, 4) is 0 Å². The summed E-state index contributed by atoms with van der Waals surface area (Å²) in [5.74, 6) is 1.99. The van der Waals surface area contributed by atoms with Gasteiger partial charge in [0.05, 0.1) is 10.6 Å². The number of likely N-dealkylation sites (tertiary alicyclic amines) is 1. The summed E-state index contributed by atoms with van der Waals surface area (Å²) >= 11 is 7.72. The Morgan fingerprint density at radius 1 is 1.53 bits per heavy atom. The summed E-state index contributed by atoms with van der Waals surface area (Å²) in [6.07, 6.45) is 1.89. The van der Waals surface area contributed by atoms with E-state index in [9.17, 15) is 4.79 Å². The minimum absolute atomic E-state index is 0.129. The van der Waals surface area contributed by atoms with Gasteiger partial charge in [-0.15, -0.1) is 11.8 Å². The molecule has 1 aromatic rings. The van der Waals surface area contributed by atoms with E-state index < -0.39 is 0 Å². The molecule has 0 radical (unpaired) electrons. The predicted molar refractivity (Wildman–Crippen MR) is 75.8 cm³/mol. The van der Waals surface area contributed by atoms with Gasteiger partial charge in [-0.1, -0.05) is 0 Å². The molecule has 3 rings (SSSR count). The third-order valence-electron chi connectivity index (χ3n) is 3.47. The van der Waals surface area contributed by atoms with E-state index in [1.54, 1.807) is 18.7 Å². The summed E-state index contributed by atoms with van der Waals surface area (Å²) in [5.41, 5.74) is 1.04. The third kappa shape index (κ3) is 2.65. The van der Waals surface area contributed by atoms with Crippen LogP contribution >= 0.6 is 23.4 Å². The fraction of sp³-hybridized carbons (Fsp3) is 0.583. The summed E-state index contributed by atoms with van der Waals surface area (Å²) in [6.45, 7) is 3.15. The molecule has 2 aliphatic heterocycles. The van der Waals surface area contributed by atoms with Gasteiger partial charge >= 0.3 is 0 Å². The molecule has 102 valence electrons. The molecule has 2 aliphatic rings. The second kappa shape index (κ2) is 5.17. The SMILES string of the molecule is CC(=O)N1CC[C@@H](Nc2nc(Cl)nc3c2SCC3)C1. The average Bonchev–Trinajstić information content (AvgIpc) is 2.96. The van der Waals surface area contributed by atoms with Gasteiger partial charge in [-0.2, -0.15) is 4.98 Å². The van der Waals surface area contributed by atoms with Crippen molar-refractivity contribution in [1.29, 1.82) is 0 Å². The number of anilines is 1. The molecular weight excluding hydrogens is 284 g/mol. The van der Waals surface area contributed by atoms with Crippen molar-refractivity contribution in [1.82, 2.24) is 14.9 Å². The lowest BCUT2D eigenvalue weighted by Gasteiger charge is -2.17. The van der Waals surface area contributed by atoms with Crippen molar-refractivity contribution in [2.75, 3.05) is 24.2 Å². The Balaban J connectivity index is 1.76. The van der Waals surface area contributed by atoms with Gasteiger partial charge in [-0.25, -0.2) is 4.98 Å². The van der Waals surface area contributed by atoms with Crippen molar-refractivity contribution in [2.24, 2.45) is 0 Å². The Kier molecular flexibility index (Phi) is 3.54. The minimum Gasteiger partial charge on any atom is -0.364 e. The van der Waals surface area contributed by atoms with Gasteiger partial charge in [0, 0.05) is 38.2 Å².